The van der Waals surface area contributed by atoms with Crippen molar-refractivity contribution >= 4 is 11.3 Å². The Morgan fingerprint density at radius 1 is 1.70 bits per heavy atom. The summed E-state index contributed by atoms with van der Waals surface area (Å²) in [6.45, 7) is 4.89. The summed E-state index contributed by atoms with van der Waals surface area (Å²) < 4.78 is 0. The predicted molar refractivity (Wildman–Crippen MR) is 44.1 cm³/mol. The molecule has 0 aliphatic heterocycles. The second-order valence-electron chi connectivity index (χ2n) is 2.52. The van der Waals surface area contributed by atoms with Crippen LogP contribution in [0.3, 0.4) is 0 Å². The Hall–Kier alpha value is -0.410. The number of rotatable bonds is 2. The van der Waals surface area contributed by atoms with E-state index >= 15 is 0 Å². The van der Waals surface area contributed by atoms with Gasteiger partial charge in [-0.05, 0) is 5.92 Å². The lowest BCUT2D eigenvalue weighted by atomic mass is 10.1. The van der Waals surface area contributed by atoms with E-state index in [1.807, 2.05) is 5.51 Å². The van der Waals surface area contributed by atoms with Gasteiger partial charge in [0.25, 0.3) is 0 Å². The maximum Gasteiger partial charge on any atom is 0.0798 e. The highest BCUT2D eigenvalue weighted by molar-refractivity contribution is 7.09. The normalized spacial score (nSPS) is 10.8. The van der Waals surface area contributed by atoms with Gasteiger partial charge in [-0.2, -0.15) is 0 Å². The first-order valence-electron chi connectivity index (χ1n) is 3.38. The Morgan fingerprint density at radius 2 is 2.40 bits per heavy atom. The van der Waals surface area contributed by atoms with Gasteiger partial charge in [-0.15, -0.1) is 11.3 Å². The first-order valence-corrected chi connectivity index (χ1v) is 4.26. The number of nitrogens with zero attached hydrogens (tertiary/aromatic N) is 1. The van der Waals surface area contributed by atoms with Crippen molar-refractivity contribution in [3.8, 4) is 0 Å². The third-order valence-corrected chi connectivity index (χ3v) is 2.56. The van der Waals surface area contributed by atoms with E-state index < -0.39 is 0 Å². The van der Waals surface area contributed by atoms with E-state index in [2.05, 4.69) is 18.8 Å². The summed E-state index contributed by atoms with van der Waals surface area (Å²) in [5.74, 6) is 0.561. The number of thiazole rings is 1. The highest BCUT2D eigenvalue weighted by Gasteiger charge is 2.06. The maximum absolute atomic E-state index is 5.48. The second kappa shape index (κ2) is 3.12. The number of hydrogen-bond donors (Lipinski definition) is 1. The molecule has 0 aliphatic rings. The van der Waals surface area contributed by atoms with Crippen molar-refractivity contribution in [2.75, 3.05) is 0 Å². The summed E-state index contributed by atoms with van der Waals surface area (Å²) in [7, 11) is 0. The molecule has 3 heteroatoms. The van der Waals surface area contributed by atoms with E-state index in [1.54, 1.807) is 11.3 Å². The summed E-state index contributed by atoms with van der Waals surface area (Å²) in [6, 6.07) is 0. The molecule has 0 aliphatic carbocycles. The molecule has 2 nitrogen and oxygen atoms in total. The third-order valence-electron chi connectivity index (χ3n) is 1.39. The van der Waals surface area contributed by atoms with Gasteiger partial charge in [-0.3, -0.25) is 0 Å². The fourth-order valence-corrected chi connectivity index (χ4v) is 1.74. The molecule has 0 aromatic carbocycles. The zero-order valence-electron chi connectivity index (χ0n) is 6.29. The molecule has 0 unspecified atom stereocenters. The van der Waals surface area contributed by atoms with E-state index in [-0.39, 0.29) is 0 Å². The topological polar surface area (TPSA) is 38.9 Å². The minimum Gasteiger partial charge on any atom is -0.325 e. The van der Waals surface area contributed by atoms with Gasteiger partial charge in [0.05, 0.1) is 11.2 Å². The van der Waals surface area contributed by atoms with Gasteiger partial charge in [-0.1, -0.05) is 13.8 Å². The standard InChI is InChI=1S/C7H12N2S/c1-5(2)7-6(3-8)9-4-10-7/h4-5H,3,8H2,1-2H3. The van der Waals surface area contributed by atoms with Crippen molar-refractivity contribution < 1.29 is 0 Å². The Kier molecular flexibility index (Phi) is 2.40. The number of nitrogens with two attached hydrogens (primary N) is 1. The van der Waals surface area contributed by atoms with Gasteiger partial charge in [0.1, 0.15) is 0 Å². The van der Waals surface area contributed by atoms with Crippen LogP contribution in [-0.4, -0.2) is 4.98 Å². The lowest BCUT2D eigenvalue weighted by molar-refractivity contribution is 0.849. The first kappa shape index (κ1) is 7.69. The molecule has 0 amide bonds. The van der Waals surface area contributed by atoms with Crippen LogP contribution in [0.15, 0.2) is 5.51 Å². The smallest absolute Gasteiger partial charge is 0.0798 e. The zero-order chi connectivity index (χ0) is 7.56. The van der Waals surface area contributed by atoms with Crippen LogP contribution in [0.25, 0.3) is 0 Å². The monoisotopic (exact) mass is 156 g/mol. The highest BCUT2D eigenvalue weighted by Crippen LogP contribution is 2.22. The molecule has 1 heterocycles. The molecule has 56 valence electrons. The third kappa shape index (κ3) is 1.36. The Labute approximate surface area is 65.1 Å². The van der Waals surface area contributed by atoms with Crippen LogP contribution in [0.4, 0.5) is 0 Å². The maximum atomic E-state index is 5.48. The molecule has 2 N–H and O–H groups in total. The largest absolute Gasteiger partial charge is 0.325 e. The average molecular weight is 156 g/mol. The molecule has 0 bridgehead atoms. The van der Waals surface area contributed by atoms with Crippen molar-refractivity contribution in [3.05, 3.63) is 16.1 Å². The minimum absolute atomic E-state index is 0.561. The van der Waals surface area contributed by atoms with Crippen molar-refractivity contribution in [1.82, 2.24) is 4.98 Å². The number of aromatic nitrogens is 1. The highest BCUT2D eigenvalue weighted by atomic mass is 32.1. The summed E-state index contributed by atoms with van der Waals surface area (Å²) in [4.78, 5) is 5.47. The van der Waals surface area contributed by atoms with E-state index in [4.69, 9.17) is 5.73 Å². The van der Waals surface area contributed by atoms with Gasteiger partial charge < -0.3 is 5.73 Å². The molecule has 0 fully saturated rings. The van der Waals surface area contributed by atoms with Crippen LogP contribution in [0.1, 0.15) is 30.3 Å². The van der Waals surface area contributed by atoms with Crippen molar-refractivity contribution in [1.29, 1.82) is 0 Å². The average Bonchev–Trinajstić information content (AvgIpc) is 2.33. The van der Waals surface area contributed by atoms with Crippen LogP contribution >= 0.6 is 11.3 Å². The SMILES string of the molecule is CC(C)c1scnc1CN. The predicted octanol–water partition coefficient (Wildman–Crippen LogP) is 1.73. The van der Waals surface area contributed by atoms with Crippen molar-refractivity contribution in [3.63, 3.8) is 0 Å². The fourth-order valence-electron chi connectivity index (χ4n) is 0.901. The Morgan fingerprint density at radius 3 is 2.80 bits per heavy atom. The molecule has 0 radical (unpaired) electrons. The van der Waals surface area contributed by atoms with E-state index in [1.165, 1.54) is 4.88 Å². The van der Waals surface area contributed by atoms with Crippen molar-refractivity contribution in [2.45, 2.75) is 26.3 Å². The van der Waals surface area contributed by atoms with Gasteiger partial charge >= 0.3 is 0 Å². The summed E-state index contributed by atoms with van der Waals surface area (Å²) >= 11 is 1.69. The molecular weight excluding hydrogens is 144 g/mol. The molecule has 0 saturated heterocycles. The molecule has 0 atom stereocenters. The molecule has 0 spiro atoms. The minimum atomic E-state index is 0.561. The van der Waals surface area contributed by atoms with E-state index in [9.17, 15) is 0 Å². The fraction of sp³-hybridized carbons (Fsp3) is 0.571. The summed E-state index contributed by atoms with van der Waals surface area (Å²) in [5.41, 5.74) is 8.39. The van der Waals surface area contributed by atoms with Crippen LogP contribution in [-0.2, 0) is 6.54 Å². The Balaban J connectivity index is 2.90. The van der Waals surface area contributed by atoms with Crippen LogP contribution in [0.5, 0.6) is 0 Å². The van der Waals surface area contributed by atoms with Gasteiger partial charge in [0.15, 0.2) is 0 Å². The van der Waals surface area contributed by atoms with E-state index in [0.29, 0.717) is 12.5 Å². The summed E-state index contributed by atoms with van der Waals surface area (Å²) in [6.07, 6.45) is 0. The van der Waals surface area contributed by atoms with Gasteiger partial charge in [-0.25, -0.2) is 4.98 Å². The molecule has 0 saturated carbocycles. The van der Waals surface area contributed by atoms with Crippen LogP contribution in [0, 0.1) is 0 Å². The van der Waals surface area contributed by atoms with Crippen LogP contribution < -0.4 is 5.73 Å². The summed E-state index contributed by atoms with van der Waals surface area (Å²) in [5, 5.41) is 0. The first-order chi connectivity index (χ1) is 4.75. The lowest BCUT2D eigenvalue weighted by Gasteiger charge is -2.01. The zero-order valence-corrected chi connectivity index (χ0v) is 7.11. The molecule has 1 aromatic rings. The van der Waals surface area contributed by atoms with Gasteiger partial charge in [0.2, 0.25) is 0 Å². The van der Waals surface area contributed by atoms with Crippen LogP contribution in [0.2, 0.25) is 0 Å². The molecule has 1 aromatic heterocycles. The molecule has 1 rings (SSSR count). The molecular formula is C7H12N2S. The van der Waals surface area contributed by atoms with Crippen molar-refractivity contribution in [2.24, 2.45) is 5.73 Å². The van der Waals surface area contributed by atoms with Gasteiger partial charge in [0, 0.05) is 11.4 Å². The van der Waals surface area contributed by atoms with E-state index in [0.717, 1.165) is 5.69 Å². The number of hydrogen-bond acceptors (Lipinski definition) is 3. The Bertz CT molecular complexity index is 205. The quantitative estimate of drug-likeness (QED) is 0.708. The molecule has 10 heavy (non-hydrogen) atoms. The lowest BCUT2D eigenvalue weighted by Crippen LogP contribution is -2.00. The second-order valence-corrected chi connectivity index (χ2v) is 3.41.